The van der Waals surface area contributed by atoms with Crippen LogP contribution in [0, 0.1) is 18.6 Å². The van der Waals surface area contributed by atoms with Crippen molar-refractivity contribution in [3.63, 3.8) is 0 Å². The minimum Gasteiger partial charge on any atom is -0.494 e. The molecular formula is C24H20F2NOP. The maximum atomic E-state index is 15.0. The monoisotopic (exact) mass is 407 g/mol. The second-order valence-corrected chi connectivity index (χ2v) is 7.48. The second kappa shape index (κ2) is 7.88. The summed E-state index contributed by atoms with van der Waals surface area (Å²) in [4.78, 5) is 4.62. The average molecular weight is 407 g/mol. The third-order valence-corrected chi connectivity index (χ3v) is 5.35. The fourth-order valence-electron chi connectivity index (χ4n) is 3.43. The first kappa shape index (κ1) is 19.5. The van der Waals surface area contributed by atoms with Crippen molar-refractivity contribution in [3.8, 4) is 28.1 Å². The predicted octanol–water partition coefficient (Wildman–Crippen LogP) is 6.05. The topological polar surface area (TPSA) is 22.1 Å². The molecule has 4 aromatic rings. The lowest BCUT2D eigenvalue weighted by Crippen LogP contribution is -2.03. The molecule has 0 saturated heterocycles. The molecule has 2 nitrogen and oxygen atoms in total. The quantitative estimate of drug-likeness (QED) is 0.384. The van der Waals surface area contributed by atoms with E-state index in [2.05, 4.69) is 14.2 Å². The molecule has 146 valence electrons. The highest BCUT2D eigenvalue weighted by Gasteiger charge is 2.14. The number of nitrogens with zero attached hydrogens (tertiary/aromatic N) is 1. The smallest absolute Gasteiger partial charge is 0.131 e. The molecule has 5 heteroatoms. The molecule has 0 aliphatic rings. The molecular weight excluding hydrogens is 387 g/mol. The normalized spacial score (nSPS) is 11.1. The lowest BCUT2D eigenvalue weighted by Gasteiger charge is -2.12. The summed E-state index contributed by atoms with van der Waals surface area (Å²) in [6.07, 6.45) is 0. The fraction of sp³-hybridized carbons (Fsp3) is 0.125. The zero-order valence-electron chi connectivity index (χ0n) is 16.2. The first-order chi connectivity index (χ1) is 14.0. The zero-order valence-corrected chi connectivity index (χ0v) is 17.3. The van der Waals surface area contributed by atoms with E-state index in [9.17, 15) is 8.78 Å². The maximum absolute atomic E-state index is 15.0. The van der Waals surface area contributed by atoms with Gasteiger partial charge in [-0.3, -0.25) is 0 Å². The molecule has 29 heavy (non-hydrogen) atoms. The Labute approximate surface area is 170 Å². The summed E-state index contributed by atoms with van der Waals surface area (Å²) in [7, 11) is 2.66. The highest BCUT2D eigenvalue weighted by molar-refractivity contribution is 7.28. The van der Waals surface area contributed by atoms with Crippen LogP contribution in [0.15, 0.2) is 60.7 Å². The van der Waals surface area contributed by atoms with Gasteiger partial charge in [-0.15, -0.1) is 9.24 Å². The van der Waals surface area contributed by atoms with Crippen molar-refractivity contribution in [2.75, 3.05) is 6.61 Å². The molecule has 0 amide bonds. The molecule has 1 heterocycles. The number of hydrogen-bond acceptors (Lipinski definition) is 2. The van der Waals surface area contributed by atoms with Crippen LogP contribution in [0.2, 0.25) is 0 Å². The molecule has 3 aromatic carbocycles. The van der Waals surface area contributed by atoms with Gasteiger partial charge >= 0.3 is 0 Å². The van der Waals surface area contributed by atoms with Gasteiger partial charge in [0.05, 0.1) is 17.8 Å². The second-order valence-electron chi connectivity index (χ2n) is 6.86. The van der Waals surface area contributed by atoms with Crippen molar-refractivity contribution in [2.45, 2.75) is 13.8 Å². The van der Waals surface area contributed by atoms with Gasteiger partial charge in [0.2, 0.25) is 0 Å². The van der Waals surface area contributed by atoms with Crippen molar-refractivity contribution in [1.82, 2.24) is 4.98 Å². The van der Waals surface area contributed by atoms with Gasteiger partial charge in [-0.05, 0) is 78.8 Å². The largest absolute Gasteiger partial charge is 0.494 e. The third kappa shape index (κ3) is 3.86. The molecule has 1 atom stereocenters. The van der Waals surface area contributed by atoms with E-state index in [0.29, 0.717) is 28.9 Å². The number of hydrogen-bond donors (Lipinski definition) is 0. The third-order valence-electron chi connectivity index (χ3n) is 4.87. The lowest BCUT2D eigenvalue weighted by molar-refractivity contribution is 0.340. The highest BCUT2D eigenvalue weighted by atomic mass is 31.0. The van der Waals surface area contributed by atoms with Gasteiger partial charge in [-0.1, -0.05) is 12.1 Å². The van der Waals surface area contributed by atoms with E-state index in [-0.39, 0.29) is 11.6 Å². The van der Waals surface area contributed by atoms with Crippen molar-refractivity contribution in [2.24, 2.45) is 0 Å². The summed E-state index contributed by atoms with van der Waals surface area (Å²) < 4.78 is 34.0. The van der Waals surface area contributed by atoms with Crippen LogP contribution in [0.3, 0.4) is 0 Å². The van der Waals surface area contributed by atoms with Gasteiger partial charge in [0.25, 0.3) is 0 Å². The lowest BCUT2D eigenvalue weighted by atomic mass is 10.00. The molecule has 0 radical (unpaired) electrons. The Hall–Kier alpha value is -2.84. The van der Waals surface area contributed by atoms with Gasteiger partial charge in [-0.25, -0.2) is 13.8 Å². The van der Waals surface area contributed by atoms with Gasteiger partial charge in [0.1, 0.15) is 17.4 Å². The van der Waals surface area contributed by atoms with E-state index in [1.165, 1.54) is 18.2 Å². The SMILES string of the molecule is CCOc1ccc(-c2cc(P)c(-c3cc(C)c4cc(F)ccc4n3)cc2F)cc1. The van der Waals surface area contributed by atoms with Crippen LogP contribution in [0.1, 0.15) is 12.5 Å². The number of halogens is 2. The van der Waals surface area contributed by atoms with Crippen LogP contribution in [-0.2, 0) is 0 Å². The molecule has 0 aliphatic heterocycles. The van der Waals surface area contributed by atoms with Crippen LogP contribution < -0.4 is 10.0 Å². The van der Waals surface area contributed by atoms with Crippen LogP contribution in [0.5, 0.6) is 5.75 Å². The molecule has 0 bridgehead atoms. The van der Waals surface area contributed by atoms with Gasteiger partial charge in [0.15, 0.2) is 0 Å². The summed E-state index contributed by atoms with van der Waals surface area (Å²) >= 11 is 0. The molecule has 4 rings (SSSR count). The van der Waals surface area contributed by atoms with Gasteiger partial charge in [0, 0.05) is 16.5 Å². The zero-order chi connectivity index (χ0) is 20.5. The van der Waals surface area contributed by atoms with Crippen molar-refractivity contribution in [3.05, 3.63) is 77.9 Å². The van der Waals surface area contributed by atoms with E-state index < -0.39 is 0 Å². The van der Waals surface area contributed by atoms with E-state index in [1.807, 2.05) is 44.2 Å². The predicted molar refractivity (Wildman–Crippen MR) is 118 cm³/mol. The van der Waals surface area contributed by atoms with Crippen molar-refractivity contribution >= 4 is 25.4 Å². The summed E-state index contributed by atoms with van der Waals surface area (Å²) in [5.74, 6) is 0.133. The van der Waals surface area contributed by atoms with E-state index in [0.717, 1.165) is 27.6 Å². The Bertz CT molecular complexity index is 1210. The molecule has 0 aliphatic carbocycles. The molecule has 1 unspecified atom stereocenters. The Morgan fingerprint density at radius 2 is 1.69 bits per heavy atom. The number of rotatable bonds is 4. The Morgan fingerprint density at radius 3 is 2.41 bits per heavy atom. The number of pyridine rings is 1. The van der Waals surface area contributed by atoms with E-state index in [4.69, 9.17) is 4.74 Å². The standard InChI is InChI=1S/C24H20F2NOP/c1-3-28-17-7-4-15(5-8-17)19-13-24(29)20(12-21(19)26)23-10-14(2)18-11-16(25)6-9-22(18)27-23/h4-13H,3,29H2,1-2H3. The minimum absolute atomic E-state index is 0.298. The number of ether oxygens (including phenoxy) is 1. The van der Waals surface area contributed by atoms with Crippen LogP contribution in [-0.4, -0.2) is 11.6 Å². The van der Waals surface area contributed by atoms with Crippen LogP contribution >= 0.6 is 9.24 Å². The number of aryl methyl sites for hydroxylation is 1. The van der Waals surface area contributed by atoms with Gasteiger partial charge in [-0.2, -0.15) is 0 Å². The summed E-state index contributed by atoms with van der Waals surface area (Å²) in [5.41, 5.74) is 4.22. The molecule has 0 fully saturated rings. The molecule has 0 saturated carbocycles. The van der Waals surface area contributed by atoms with Crippen molar-refractivity contribution in [1.29, 1.82) is 0 Å². The molecule has 0 spiro atoms. The number of fused-ring (bicyclic) bond motifs is 1. The number of aromatic nitrogens is 1. The first-order valence-electron chi connectivity index (χ1n) is 9.36. The summed E-state index contributed by atoms with van der Waals surface area (Å²) in [6.45, 7) is 4.41. The summed E-state index contributed by atoms with van der Waals surface area (Å²) in [6, 6.07) is 17.0. The van der Waals surface area contributed by atoms with E-state index >= 15 is 0 Å². The number of benzene rings is 3. The minimum atomic E-state index is -0.325. The Balaban J connectivity index is 1.77. The molecule has 1 aromatic heterocycles. The summed E-state index contributed by atoms with van der Waals surface area (Å²) in [5, 5.41) is 1.59. The Morgan fingerprint density at radius 1 is 0.931 bits per heavy atom. The van der Waals surface area contributed by atoms with Crippen LogP contribution in [0.4, 0.5) is 8.78 Å². The maximum Gasteiger partial charge on any atom is 0.131 e. The van der Waals surface area contributed by atoms with Gasteiger partial charge < -0.3 is 4.74 Å². The Kier molecular flexibility index (Phi) is 5.29. The van der Waals surface area contributed by atoms with E-state index in [1.54, 1.807) is 12.1 Å². The average Bonchev–Trinajstić information content (AvgIpc) is 2.71. The fourth-order valence-corrected chi connectivity index (χ4v) is 3.83. The molecule has 0 N–H and O–H groups in total. The highest BCUT2D eigenvalue weighted by Crippen LogP contribution is 2.30. The van der Waals surface area contributed by atoms with Crippen molar-refractivity contribution < 1.29 is 13.5 Å². The van der Waals surface area contributed by atoms with Crippen LogP contribution in [0.25, 0.3) is 33.3 Å². The first-order valence-corrected chi connectivity index (χ1v) is 9.93.